The van der Waals surface area contributed by atoms with Crippen LogP contribution in [0, 0.1) is 18.3 Å². The van der Waals surface area contributed by atoms with Gasteiger partial charge in [0.05, 0.1) is 11.6 Å². The van der Waals surface area contributed by atoms with Crippen molar-refractivity contribution in [2.75, 3.05) is 0 Å². The minimum absolute atomic E-state index is 0.750. The average Bonchev–Trinajstić information content (AvgIpc) is 2.04. The monoisotopic (exact) mass is 145 g/mol. The summed E-state index contributed by atoms with van der Waals surface area (Å²) in [5.41, 5.74) is 3.29. The smallest absolute Gasteiger partial charge is 0.0991 e. The molecule has 0 radical (unpaired) electrons. The first-order valence-electron chi connectivity index (χ1n) is 3.77. The lowest BCUT2D eigenvalue weighted by Crippen LogP contribution is -1.86. The van der Waals surface area contributed by atoms with Crippen molar-refractivity contribution in [2.24, 2.45) is 0 Å². The molecule has 1 aromatic rings. The highest BCUT2D eigenvalue weighted by molar-refractivity contribution is 5.37. The lowest BCUT2D eigenvalue weighted by molar-refractivity contribution is 1.11. The van der Waals surface area contributed by atoms with E-state index in [0.717, 1.165) is 12.0 Å². The summed E-state index contributed by atoms with van der Waals surface area (Å²) in [7, 11) is 0. The molecular formula is C10H11N. The zero-order valence-electron chi connectivity index (χ0n) is 6.89. The van der Waals surface area contributed by atoms with Gasteiger partial charge in [0.2, 0.25) is 0 Å². The van der Waals surface area contributed by atoms with E-state index in [2.05, 4.69) is 13.0 Å². The summed E-state index contributed by atoms with van der Waals surface area (Å²) >= 11 is 0. The number of benzene rings is 1. The van der Waals surface area contributed by atoms with Gasteiger partial charge in [-0.05, 0) is 36.6 Å². The molecule has 0 aliphatic heterocycles. The Hall–Kier alpha value is -1.29. The zero-order valence-corrected chi connectivity index (χ0v) is 6.89. The number of rotatable bonds is 1. The van der Waals surface area contributed by atoms with Crippen LogP contribution < -0.4 is 0 Å². The molecule has 0 N–H and O–H groups in total. The Labute approximate surface area is 67.3 Å². The van der Waals surface area contributed by atoms with Gasteiger partial charge in [-0.15, -0.1) is 0 Å². The molecule has 0 amide bonds. The molecule has 1 rings (SSSR count). The molecule has 0 saturated heterocycles. The Balaban J connectivity index is 3.12. The largest absolute Gasteiger partial charge is 0.192 e. The number of hydrogen-bond donors (Lipinski definition) is 0. The molecule has 0 unspecified atom stereocenters. The molecule has 0 aromatic heterocycles. The molecule has 56 valence electrons. The second-order valence-corrected chi connectivity index (χ2v) is 2.61. The van der Waals surface area contributed by atoms with E-state index in [1.165, 1.54) is 11.1 Å². The van der Waals surface area contributed by atoms with Gasteiger partial charge >= 0.3 is 0 Å². The highest BCUT2D eigenvalue weighted by Gasteiger charge is 1.95. The zero-order chi connectivity index (χ0) is 8.27. The van der Waals surface area contributed by atoms with Gasteiger partial charge in [0, 0.05) is 0 Å². The fraction of sp³-hybridized carbons (Fsp3) is 0.300. The van der Waals surface area contributed by atoms with E-state index in [0.29, 0.717) is 0 Å². The first-order chi connectivity index (χ1) is 5.27. The van der Waals surface area contributed by atoms with Gasteiger partial charge in [0.1, 0.15) is 0 Å². The van der Waals surface area contributed by atoms with Crippen molar-refractivity contribution in [1.82, 2.24) is 0 Å². The predicted octanol–water partition coefficient (Wildman–Crippen LogP) is 2.43. The van der Waals surface area contributed by atoms with E-state index in [1.807, 2.05) is 25.1 Å². The highest BCUT2D eigenvalue weighted by Crippen LogP contribution is 2.10. The molecule has 1 heteroatoms. The summed E-state index contributed by atoms with van der Waals surface area (Å²) in [5.74, 6) is 0. The maximum atomic E-state index is 8.58. The Bertz CT molecular complexity index is 294. The first kappa shape index (κ1) is 7.81. The lowest BCUT2D eigenvalue weighted by Gasteiger charge is -2.00. The van der Waals surface area contributed by atoms with Crippen LogP contribution in [-0.4, -0.2) is 0 Å². The van der Waals surface area contributed by atoms with Crippen molar-refractivity contribution in [1.29, 1.82) is 5.26 Å². The van der Waals surface area contributed by atoms with Crippen LogP contribution in [0.4, 0.5) is 0 Å². The SMILES string of the molecule is CCc1ccc(C#N)cc1C. The number of nitrogens with zero attached hydrogens (tertiary/aromatic N) is 1. The van der Waals surface area contributed by atoms with Crippen molar-refractivity contribution in [3.05, 3.63) is 34.9 Å². The topological polar surface area (TPSA) is 23.8 Å². The van der Waals surface area contributed by atoms with E-state index in [4.69, 9.17) is 5.26 Å². The summed E-state index contributed by atoms with van der Waals surface area (Å²) in [5, 5.41) is 8.58. The summed E-state index contributed by atoms with van der Waals surface area (Å²) in [4.78, 5) is 0. The fourth-order valence-electron chi connectivity index (χ4n) is 1.16. The Morgan fingerprint density at radius 2 is 2.18 bits per heavy atom. The first-order valence-corrected chi connectivity index (χ1v) is 3.77. The van der Waals surface area contributed by atoms with Crippen molar-refractivity contribution >= 4 is 0 Å². The molecule has 0 fully saturated rings. The third-order valence-corrected chi connectivity index (χ3v) is 1.85. The van der Waals surface area contributed by atoms with E-state index < -0.39 is 0 Å². The molecule has 0 aliphatic carbocycles. The average molecular weight is 145 g/mol. The molecule has 0 saturated carbocycles. The van der Waals surface area contributed by atoms with E-state index in [-0.39, 0.29) is 0 Å². The standard InChI is InChI=1S/C10H11N/c1-3-10-5-4-9(7-11)6-8(10)2/h4-6H,3H2,1-2H3. The van der Waals surface area contributed by atoms with Crippen LogP contribution in [0.25, 0.3) is 0 Å². The van der Waals surface area contributed by atoms with Crippen molar-refractivity contribution in [3.8, 4) is 6.07 Å². The minimum Gasteiger partial charge on any atom is -0.192 e. The van der Waals surface area contributed by atoms with Gasteiger partial charge in [0.15, 0.2) is 0 Å². The summed E-state index contributed by atoms with van der Waals surface area (Å²) in [6.07, 6.45) is 1.04. The predicted molar refractivity (Wildman–Crippen MR) is 45.3 cm³/mol. The summed E-state index contributed by atoms with van der Waals surface area (Å²) < 4.78 is 0. The molecule has 11 heavy (non-hydrogen) atoms. The van der Waals surface area contributed by atoms with Gasteiger partial charge in [-0.3, -0.25) is 0 Å². The number of nitriles is 1. The maximum absolute atomic E-state index is 8.58. The molecule has 1 nitrogen and oxygen atoms in total. The Kier molecular flexibility index (Phi) is 2.28. The maximum Gasteiger partial charge on any atom is 0.0991 e. The summed E-state index contributed by atoms with van der Waals surface area (Å²) in [6.45, 7) is 4.16. The van der Waals surface area contributed by atoms with Crippen LogP contribution in [0.1, 0.15) is 23.6 Å². The Morgan fingerprint density at radius 3 is 2.64 bits per heavy atom. The van der Waals surface area contributed by atoms with Crippen LogP contribution >= 0.6 is 0 Å². The fourth-order valence-corrected chi connectivity index (χ4v) is 1.16. The lowest BCUT2D eigenvalue weighted by atomic mass is 10.0. The second kappa shape index (κ2) is 3.21. The molecular weight excluding hydrogens is 134 g/mol. The van der Waals surface area contributed by atoms with Gasteiger partial charge < -0.3 is 0 Å². The van der Waals surface area contributed by atoms with Gasteiger partial charge in [-0.25, -0.2) is 0 Å². The number of aryl methyl sites for hydroxylation is 2. The van der Waals surface area contributed by atoms with Crippen molar-refractivity contribution in [3.63, 3.8) is 0 Å². The molecule has 0 spiro atoms. The van der Waals surface area contributed by atoms with Crippen LogP contribution in [0.2, 0.25) is 0 Å². The van der Waals surface area contributed by atoms with E-state index in [1.54, 1.807) is 0 Å². The molecule has 0 heterocycles. The van der Waals surface area contributed by atoms with Gasteiger partial charge in [-0.2, -0.15) is 5.26 Å². The van der Waals surface area contributed by atoms with Crippen LogP contribution in [0.3, 0.4) is 0 Å². The van der Waals surface area contributed by atoms with Gasteiger partial charge in [0.25, 0.3) is 0 Å². The van der Waals surface area contributed by atoms with Crippen molar-refractivity contribution in [2.45, 2.75) is 20.3 Å². The van der Waals surface area contributed by atoms with Crippen LogP contribution in [0.15, 0.2) is 18.2 Å². The molecule has 0 atom stereocenters. The molecule has 0 bridgehead atoms. The second-order valence-electron chi connectivity index (χ2n) is 2.61. The molecule has 0 aliphatic rings. The normalized spacial score (nSPS) is 9.18. The van der Waals surface area contributed by atoms with Crippen molar-refractivity contribution < 1.29 is 0 Å². The van der Waals surface area contributed by atoms with E-state index in [9.17, 15) is 0 Å². The highest BCUT2D eigenvalue weighted by atomic mass is 14.2. The molecule has 1 aromatic carbocycles. The van der Waals surface area contributed by atoms with Gasteiger partial charge in [-0.1, -0.05) is 13.0 Å². The third kappa shape index (κ3) is 1.59. The van der Waals surface area contributed by atoms with Crippen LogP contribution in [0.5, 0.6) is 0 Å². The quantitative estimate of drug-likeness (QED) is 0.595. The number of hydrogen-bond acceptors (Lipinski definition) is 1. The third-order valence-electron chi connectivity index (χ3n) is 1.85. The minimum atomic E-state index is 0.750. The Morgan fingerprint density at radius 1 is 1.45 bits per heavy atom. The van der Waals surface area contributed by atoms with Crippen LogP contribution in [-0.2, 0) is 6.42 Å². The summed E-state index contributed by atoms with van der Waals surface area (Å²) in [6, 6.07) is 7.94. The van der Waals surface area contributed by atoms with E-state index >= 15 is 0 Å².